The van der Waals surface area contributed by atoms with E-state index in [4.69, 9.17) is 10.2 Å². The van der Waals surface area contributed by atoms with E-state index in [0.717, 1.165) is 30.2 Å². The number of carbonyl (C=O) groups is 1. The van der Waals surface area contributed by atoms with Crippen LogP contribution in [-0.2, 0) is 0 Å². The van der Waals surface area contributed by atoms with E-state index >= 15 is 0 Å². The number of rotatable bonds is 6. The second-order valence-electron chi connectivity index (χ2n) is 5.83. The molecule has 2 unspecified atom stereocenters. The maximum absolute atomic E-state index is 12.3. The second-order valence-corrected chi connectivity index (χ2v) is 5.83. The summed E-state index contributed by atoms with van der Waals surface area (Å²) in [6.07, 6.45) is 2.79. The van der Waals surface area contributed by atoms with Crippen LogP contribution in [0.2, 0.25) is 0 Å². The quantitative estimate of drug-likeness (QED) is 0.807. The summed E-state index contributed by atoms with van der Waals surface area (Å²) >= 11 is 0. The third-order valence-electron chi connectivity index (χ3n) is 3.66. The predicted molar refractivity (Wildman–Crippen MR) is 81.9 cm³/mol. The van der Waals surface area contributed by atoms with E-state index < -0.39 is 0 Å². The highest BCUT2D eigenvalue weighted by molar-refractivity contribution is 5.98. The van der Waals surface area contributed by atoms with Crippen LogP contribution in [0.25, 0.3) is 11.0 Å². The van der Waals surface area contributed by atoms with Crippen molar-refractivity contribution in [2.75, 3.05) is 0 Å². The molecule has 108 valence electrons. The van der Waals surface area contributed by atoms with Gasteiger partial charge in [0.1, 0.15) is 5.58 Å². The standard InChI is InChI=1S/C17H23NO2/c1-11-7-8-15-14(9-11)10-16(20-15)17(19)12(2)5-4-6-13(3)18/h7-10,12-13H,4-6,18H2,1-3H3. The smallest absolute Gasteiger partial charge is 0.200 e. The van der Waals surface area contributed by atoms with Crippen LogP contribution in [0.15, 0.2) is 28.7 Å². The number of Topliss-reactive ketones (excluding diaryl/α,β-unsaturated/α-hetero) is 1. The molecule has 2 N–H and O–H groups in total. The van der Waals surface area contributed by atoms with Gasteiger partial charge in [-0.25, -0.2) is 0 Å². The lowest BCUT2D eigenvalue weighted by atomic mass is 9.96. The first kappa shape index (κ1) is 14.8. The van der Waals surface area contributed by atoms with Crippen molar-refractivity contribution in [2.45, 2.75) is 46.1 Å². The second kappa shape index (κ2) is 6.23. The SMILES string of the molecule is Cc1ccc2oc(C(=O)C(C)CCCC(C)N)cc2c1. The molecular formula is C17H23NO2. The first-order chi connectivity index (χ1) is 9.47. The molecule has 3 heteroatoms. The number of hydrogen-bond donors (Lipinski definition) is 1. The van der Waals surface area contributed by atoms with Gasteiger partial charge in [0.15, 0.2) is 5.76 Å². The number of benzene rings is 1. The van der Waals surface area contributed by atoms with Crippen molar-refractivity contribution in [3.05, 3.63) is 35.6 Å². The number of fused-ring (bicyclic) bond motifs is 1. The molecule has 1 heterocycles. The number of aryl methyl sites for hydroxylation is 1. The molecule has 0 saturated carbocycles. The van der Waals surface area contributed by atoms with Gasteiger partial charge >= 0.3 is 0 Å². The molecule has 1 aromatic heterocycles. The molecule has 1 aromatic carbocycles. The monoisotopic (exact) mass is 273 g/mol. The number of carbonyl (C=O) groups excluding carboxylic acids is 1. The maximum Gasteiger partial charge on any atom is 0.200 e. The predicted octanol–water partition coefficient (Wildman–Crippen LogP) is 4.08. The molecule has 3 nitrogen and oxygen atoms in total. The Labute approximate surface area is 120 Å². The summed E-state index contributed by atoms with van der Waals surface area (Å²) in [6.45, 7) is 5.99. The highest BCUT2D eigenvalue weighted by atomic mass is 16.3. The number of hydrogen-bond acceptors (Lipinski definition) is 3. The Hall–Kier alpha value is -1.61. The van der Waals surface area contributed by atoms with Gasteiger partial charge < -0.3 is 10.2 Å². The molecule has 0 spiro atoms. The van der Waals surface area contributed by atoms with Gasteiger partial charge in [-0.05, 0) is 44.9 Å². The maximum atomic E-state index is 12.3. The topological polar surface area (TPSA) is 56.2 Å². The molecule has 20 heavy (non-hydrogen) atoms. The lowest BCUT2D eigenvalue weighted by Gasteiger charge is -2.09. The summed E-state index contributed by atoms with van der Waals surface area (Å²) in [5, 5.41) is 0.996. The van der Waals surface area contributed by atoms with E-state index in [1.165, 1.54) is 5.56 Å². The van der Waals surface area contributed by atoms with E-state index in [0.29, 0.717) is 5.76 Å². The summed E-state index contributed by atoms with van der Waals surface area (Å²) in [5.74, 6) is 0.540. The van der Waals surface area contributed by atoms with Crippen LogP contribution in [0, 0.1) is 12.8 Å². The van der Waals surface area contributed by atoms with Crippen LogP contribution in [0.1, 0.15) is 49.2 Å². The zero-order chi connectivity index (χ0) is 14.7. The van der Waals surface area contributed by atoms with Crippen molar-refractivity contribution in [3.8, 4) is 0 Å². The highest BCUT2D eigenvalue weighted by Crippen LogP contribution is 2.24. The van der Waals surface area contributed by atoms with Crippen molar-refractivity contribution in [3.63, 3.8) is 0 Å². The minimum Gasteiger partial charge on any atom is -0.453 e. The minimum absolute atomic E-state index is 0.0181. The van der Waals surface area contributed by atoms with Gasteiger partial charge in [0.2, 0.25) is 5.78 Å². The molecule has 2 rings (SSSR count). The van der Waals surface area contributed by atoms with Crippen LogP contribution in [0.5, 0.6) is 0 Å². The molecule has 0 radical (unpaired) electrons. The third kappa shape index (κ3) is 3.48. The van der Waals surface area contributed by atoms with Crippen LogP contribution in [0.4, 0.5) is 0 Å². The van der Waals surface area contributed by atoms with Crippen LogP contribution in [0.3, 0.4) is 0 Å². The number of ketones is 1. The van der Waals surface area contributed by atoms with Gasteiger partial charge in [0.25, 0.3) is 0 Å². The first-order valence-electron chi connectivity index (χ1n) is 7.27. The van der Waals surface area contributed by atoms with E-state index in [2.05, 4.69) is 0 Å². The molecule has 0 aliphatic rings. The lowest BCUT2D eigenvalue weighted by molar-refractivity contribution is 0.0896. The molecule has 2 atom stereocenters. The Morgan fingerprint density at radius 3 is 2.70 bits per heavy atom. The molecule has 0 aliphatic carbocycles. The fourth-order valence-corrected chi connectivity index (χ4v) is 2.40. The van der Waals surface area contributed by atoms with Gasteiger partial charge in [-0.3, -0.25) is 4.79 Å². The average molecular weight is 273 g/mol. The highest BCUT2D eigenvalue weighted by Gasteiger charge is 2.19. The Morgan fingerprint density at radius 2 is 2.00 bits per heavy atom. The average Bonchev–Trinajstić information content (AvgIpc) is 2.80. The fourth-order valence-electron chi connectivity index (χ4n) is 2.40. The summed E-state index contributed by atoms with van der Waals surface area (Å²) in [4.78, 5) is 12.3. The summed E-state index contributed by atoms with van der Waals surface area (Å²) in [7, 11) is 0. The molecule has 0 bridgehead atoms. The van der Waals surface area contributed by atoms with Crippen molar-refractivity contribution in [1.82, 2.24) is 0 Å². The summed E-state index contributed by atoms with van der Waals surface area (Å²) in [6, 6.07) is 8.00. The Morgan fingerprint density at radius 1 is 1.25 bits per heavy atom. The van der Waals surface area contributed by atoms with Crippen LogP contribution < -0.4 is 5.73 Å². The van der Waals surface area contributed by atoms with Crippen molar-refractivity contribution < 1.29 is 9.21 Å². The van der Waals surface area contributed by atoms with Crippen LogP contribution in [-0.4, -0.2) is 11.8 Å². The molecule has 0 aliphatic heterocycles. The van der Waals surface area contributed by atoms with Gasteiger partial charge in [-0.1, -0.05) is 25.0 Å². The van der Waals surface area contributed by atoms with Crippen LogP contribution >= 0.6 is 0 Å². The molecule has 0 fully saturated rings. The Kier molecular flexibility index (Phi) is 4.61. The van der Waals surface area contributed by atoms with E-state index in [-0.39, 0.29) is 17.7 Å². The summed E-state index contributed by atoms with van der Waals surface area (Å²) < 4.78 is 5.66. The molecular weight excluding hydrogens is 250 g/mol. The Bertz CT molecular complexity index is 598. The lowest BCUT2D eigenvalue weighted by Crippen LogP contribution is -2.16. The normalized spacial score (nSPS) is 14.4. The van der Waals surface area contributed by atoms with Crippen molar-refractivity contribution in [2.24, 2.45) is 11.7 Å². The fraction of sp³-hybridized carbons (Fsp3) is 0.471. The zero-order valence-corrected chi connectivity index (χ0v) is 12.5. The van der Waals surface area contributed by atoms with Gasteiger partial charge in [-0.2, -0.15) is 0 Å². The van der Waals surface area contributed by atoms with E-state index in [9.17, 15) is 4.79 Å². The molecule has 0 amide bonds. The largest absolute Gasteiger partial charge is 0.453 e. The van der Waals surface area contributed by atoms with E-state index in [1.54, 1.807) is 0 Å². The zero-order valence-electron chi connectivity index (χ0n) is 12.5. The van der Waals surface area contributed by atoms with E-state index in [1.807, 2.05) is 45.0 Å². The molecule has 0 saturated heterocycles. The van der Waals surface area contributed by atoms with Crippen molar-refractivity contribution in [1.29, 1.82) is 0 Å². The van der Waals surface area contributed by atoms with Gasteiger partial charge in [-0.15, -0.1) is 0 Å². The third-order valence-corrected chi connectivity index (χ3v) is 3.66. The minimum atomic E-state index is -0.0181. The molecule has 2 aromatic rings. The van der Waals surface area contributed by atoms with Gasteiger partial charge in [0, 0.05) is 17.3 Å². The first-order valence-corrected chi connectivity index (χ1v) is 7.27. The number of furan rings is 1. The Balaban J connectivity index is 2.06. The van der Waals surface area contributed by atoms with Crippen molar-refractivity contribution >= 4 is 16.8 Å². The van der Waals surface area contributed by atoms with Gasteiger partial charge in [0.05, 0.1) is 0 Å². The number of nitrogens with two attached hydrogens (primary N) is 1. The summed E-state index contributed by atoms with van der Waals surface area (Å²) in [5.41, 5.74) is 7.68.